The number of thioether (sulfide) groups is 1. The molecule has 0 aromatic carbocycles. The van der Waals surface area contributed by atoms with Crippen molar-refractivity contribution < 1.29 is 4.74 Å². The standard InChI is InChI=1S/C13H25N3OS/c1-5-18-9-7-16-12(3)13(11(2)15-16)10-14-6-8-17-4/h14H,5-10H2,1-4H3. The van der Waals surface area contributed by atoms with Gasteiger partial charge in [0.25, 0.3) is 0 Å². The van der Waals surface area contributed by atoms with E-state index in [9.17, 15) is 0 Å². The minimum absolute atomic E-state index is 0.749. The molecule has 0 saturated carbocycles. The van der Waals surface area contributed by atoms with E-state index < -0.39 is 0 Å². The zero-order chi connectivity index (χ0) is 13.4. The number of hydrogen-bond donors (Lipinski definition) is 1. The summed E-state index contributed by atoms with van der Waals surface area (Å²) >= 11 is 1.96. The van der Waals surface area contributed by atoms with Crippen LogP contribution in [-0.2, 0) is 17.8 Å². The molecule has 104 valence electrons. The van der Waals surface area contributed by atoms with Crippen LogP contribution < -0.4 is 5.32 Å². The molecule has 0 fully saturated rings. The van der Waals surface area contributed by atoms with Gasteiger partial charge in [-0.3, -0.25) is 4.68 Å². The van der Waals surface area contributed by atoms with Gasteiger partial charge in [0.1, 0.15) is 0 Å². The lowest BCUT2D eigenvalue weighted by atomic mass is 10.2. The van der Waals surface area contributed by atoms with Crippen LogP contribution in [0.4, 0.5) is 0 Å². The van der Waals surface area contributed by atoms with E-state index in [1.165, 1.54) is 17.0 Å². The van der Waals surface area contributed by atoms with Gasteiger partial charge < -0.3 is 10.1 Å². The number of ether oxygens (including phenoxy) is 1. The zero-order valence-corrected chi connectivity index (χ0v) is 12.8. The van der Waals surface area contributed by atoms with Crippen molar-refractivity contribution in [3.8, 4) is 0 Å². The molecule has 0 radical (unpaired) electrons. The fourth-order valence-electron chi connectivity index (χ4n) is 1.89. The van der Waals surface area contributed by atoms with Gasteiger partial charge in [-0.05, 0) is 19.6 Å². The van der Waals surface area contributed by atoms with E-state index >= 15 is 0 Å². The second-order valence-corrected chi connectivity index (χ2v) is 5.63. The van der Waals surface area contributed by atoms with Crippen molar-refractivity contribution >= 4 is 11.8 Å². The molecule has 0 spiro atoms. The van der Waals surface area contributed by atoms with Crippen LogP contribution >= 0.6 is 11.8 Å². The smallest absolute Gasteiger partial charge is 0.0641 e. The van der Waals surface area contributed by atoms with Gasteiger partial charge in [0.15, 0.2) is 0 Å². The molecule has 1 aromatic rings. The third-order valence-electron chi connectivity index (χ3n) is 2.97. The van der Waals surface area contributed by atoms with Crippen molar-refractivity contribution in [2.24, 2.45) is 0 Å². The number of nitrogens with zero attached hydrogens (tertiary/aromatic N) is 2. The first-order valence-corrected chi connectivity index (χ1v) is 7.66. The predicted molar refractivity (Wildman–Crippen MR) is 78.3 cm³/mol. The first-order valence-electron chi connectivity index (χ1n) is 6.51. The molecule has 1 aromatic heterocycles. The van der Waals surface area contributed by atoms with Crippen LogP contribution in [0.15, 0.2) is 0 Å². The van der Waals surface area contributed by atoms with E-state index in [0.717, 1.165) is 37.7 Å². The quantitative estimate of drug-likeness (QED) is 0.697. The topological polar surface area (TPSA) is 39.1 Å². The van der Waals surface area contributed by atoms with Crippen molar-refractivity contribution in [2.75, 3.05) is 31.8 Å². The maximum absolute atomic E-state index is 5.02. The van der Waals surface area contributed by atoms with E-state index in [0.29, 0.717) is 0 Å². The Bertz CT molecular complexity index is 352. The number of rotatable bonds is 9. The second-order valence-electron chi connectivity index (χ2n) is 4.24. The van der Waals surface area contributed by atoms with Crippen molar-refractivity contribution in [2.45, 2.75) is 33.9 Å². The van der Waals surface area contributed by atoms with Crippen LogP contribution in [0.1, 0.15) is 23.9 Å². The lowest BCUT2D eigenvalue weighted by Crippen LogP contribution is -2.19. The number of aryl methyl sites for hydroxylation is 2. The Morgan fingerprint density at radius 1 is 1.39 bits per heavy atom. The van der Waals surface area contributed by atoms with Gasteiger partial charge in [-0.15, -0.1) is 0 Å². The van der Waals surface area contributed by atoms with Crippen molar-refractivity contribution in [3.63, 3.8) is 0 Å². The summed E-state index contributed by atoms with van der Waals surface area (Å²) < 4.78 is 7.16. The molecule has 1 rings (SSSR count). The van der Waals surface area contributed by atoms with E-state index in [1.807, 2.05) is 11.8 Å². The van der Waals surface area contributed by atoms with E-state index in [-0.39, 0.29) is 0 Å². The fourth-order valence-corrected chi connectivity index (χ4v) is 2.48. The maximum atomic E-state index is 5.02. The summed E-state index contributed by atoms with van der Waals surface area (Å²) in [6.07, 6.45) is 0. The molecule has 1 heterocycles. The third kappa shape index (κ3) is 4.63. The summed E-state index contributed by atoms with van der Waals surface area (Å²) in [4.78, 5) is 0. The Hall–Kier alpha value is -0.520. The van der Waals surface area contributed by atoms with E-state index in [2.05, 4.69) is 35.9 Å². The molecule has 0 atom stereocenters. The van der Waals surface area contributed by atoms with Crippen LogP contribution in [-0.4, -0.2) is 41.5 Å². The summed E-state index contributed by atoms with van der Waals surface area (Å²) in [5, 5.41) is 7.99. The highest BCUT2D eigenvalue weighted by atomic mass is 32.2. The Labute approximate surface area is 114 Å². The molecule has 0 amide bonds. The van der Waals surface area contributed by atoms with Gasteiger partial charge in [0.2, 0.25) is 0 Å². The van der Waals surface area contributed by atoms with Gasteiger partial charge in [0, 0.05) is 37.2 Å². The van der Waals surface area contributed by atoms with Crippen LogP contribution in [0.25, 0.3) is 0 Å². The minimum Gasteiger partial charge on any atom is -0.383 e. The van der Waals surface area contributed by atoms with Crippen molar-refractivity contribution in [1.82, 2.24) is 15.1 Å². The van der Waals surface area contributed by atoms with Crippen LogP contribution in [0.2, 0.25) is 0 Å². The first kappa shape index (κ1) is 15.5. The maximum Gasteiger partial charge on any atom is 0.0641 e. The van der Waals surface area contributed by atoms with Gasteiger partial charge in [-0.2, -0.15) is 16.9 Å². The molecule has 1 N–H and O–H groups in total. The highest BCUT2D eigenvalue weighted by Gasteiger charge is 2.10. The lowest BCUT2D eigenvalue weighted by Gasteiger charge is -2.06. The van der Waals surface area contributed by atoms with Crippen molar-refractivity contribution in [3.05, 3.63) is 17.0 Å². The molecule has 0 aliphatic carbocycles. The van der Waals surface area contributed by atoms with Gasteiger partial charge >= 0.3 is 0 Å². The highest BCUT2D eigenvalue weighted by Crippen LogP contribution is 2.13. The Balaban J connectivity index is 2.51. The average Bonchev–Trinajstić information content (AvgIpc) is 2.62. The summed E-state index contributed by atoms with van der Waals surface area (Å²) in [6, 6.07) is 0. The normalized spacial score (nSPS) is 11.1. The molecule has 0 aliphatic rings. The summed E-state index contributed by atoms with van der Waals surface area (Å²) in [5.74, 6) is 2.31. The van der Waals surface area contributed by atoms with Gasteiger partial charge in [-0.25, -0.2) is 0 Å². The molecule has 0 unspecified atom stereocenters. The number of methoxy groups -OCH3 is 1. The molecular weight excluding hydrogens is 246 g/mol. The predicted octanol–water partition coefficient (Wildman–Crippen LogP) is 1.99. The van der Waals surface area contributed by atoms with Crippen LogP contribution in [0, 0.1) is 13.8 Å². The molecule has 4 nitrogen and oxygen atoms in total. The monoisotopic (exact) mass is 271 g/mol. The van der Waals surface area contributed by atoms with Crippen molar-refractivity contribution in [1.29, 1.82) is 0 Å². The Morgan fingerprint density at radius 2 is 2.17 bits per heavy atom. The molecule has 0 bridgehead atoms. The zero-order valence-electron chi connectivity index (χ0n) is 12.0. The molecule has 18 heavy (non-hydrogen) atoms. The molecule has 0 saturated heterocycles. The van der Waals surface area contributed by atoms with Gasteiger partial charge in [0.05, 0.1) is 18.8 Å². The van der Waals surface area contributed by atoms with Crippen LogP contribution in [0.5, 0.6) is 0 Å². The van der Waals surface area contributed by atoms with E-state index in [4.69, 9.17) is 4.74 Å². The Kier molecular flexibility index (Phi) is 7.39. The van der Waals surface area contributed by atoms with E-state index in [1.54, 1.807) is 7.11 Å². The average molecular weight is 271 g/mol. The SMILES string of the molecule is CCSCCn1nc(C)c(CNCCOC)c1C. The third-order valence-corrected chi connectivity index (χ3v) is 3.85. The lowest BCUT2D eigenvalue weighted by molar-refractivity contribution is 0.199. The summed E-state index contributed by atoms with van der Waals surface area (Å²) in [7, 11) is 1.72. The Morgan fingerprint density at radius 3 is 2.83 bits per heavy atom. The summed E-state index contributed by atoms with van der Waals surface area (Å²) in [6.45, 7) is 9.95. The van der Waals surface area contributed by atoms with Crippen LogP contribution in [0.3, 0.4) is 0 Å². The second kappa shape index (κ2) is 8.56. The summed E-state index contributed by atoms with van der Waals surface area (Å²) in [5.41, 5.74) is 3.75. The fraction of sp³-hybridized carbons (Fsp3) is 0.769. The molecule has 0 aliphatic heterocycles. The highest BCUT2D eigenvalue weighted by molar-refractivity contribution is 7.99. The minimum atomic E-state index is 0.749. The molecule has 5 heteroatoms. The number of aromatic nitrogens is 2. The molecular formula is C13H25N3OS. The first-order chi connectivity index (χ1) is 8.70. The number of nitrogens with one attached hydrogen (secondary N) is 1. The number of hydrogen-bond acceptors (Lipinski definition) is 4. The largest absolute Gasteiger partial charge is 0.383 e. The van der Waals surface area contributed by atoms with Gasteiger partial charge in [-0.1, -0.05) is 6.92 Å².